The van der Waals surface area contributed by atoms with Crippen LogP contribution in [0.1, 0.15) is 5.56 Å². The van der Waals surface area contributed by atoms with Crippen LogP contribution in [0.4, 0.5) is 28.7 Å². The number of fused-ring (bicyclic) bond motifs is 1. The van der Waals surface area contributed by atoms with Gasteiger partial charge in [-0.25, -0.2) is 9.83 Å². The molecule has 11 nitrogen and oxygen atoms in total. The molecule has 0 spiro atoms. The molecule has 2 aromatic rings. The van der Waals surface area contributed by atoms with Gasteiger partial charge in [-0.1, -0.05) is 12.1 Å². The molecule has 1 heterocycles. The molecule has 11 heteroatoms. The first kappa shape index (κ1) is 24.3. The number of benzene rings is 1. The fourth-order valence-corrected chi connectivity index (χ4v) is 4.05. The lowest BCUT2D eigenvalue weighted by Gasteiger charge is -2.19. The van der Waals surface area contributed by atoms with Gasteiger partial charge in [0.25, 0.3) is 0 Å². The maximum atomic E-state index is 13.3. The van der Waals surface area contributed by atoms with E-state index >= 15 is 0 Å². The molecule has 0 aliphatic heterocycles. The van der Waals surface area contributed by atoms with Crippen molar-refractivity contribution in [3.63, 3.8) is 0 Å². The van der Waals surface area contributed by atoms with Crippen molar-refractivity contribution in [2.24, 2.45) is 0 Å². The van der Waals surface area contributed by atoms with E-state index in [9.17, 15) is 19.2 Å². The van der Waals surface area contributed by atoms with Gasteiger partial charge in [0.05, 0.1) is 40.4 Å². The number of ether oxygens (including phenoxy) is 1. The molecule has 1 aromatic carbocycles. The smallest absolute Gasteiger partial charge is 0.233 e. The minimum absolute atomic E-state index is 0.0187. The first-order chi connectivity index (χ1) is 17.3. The van der Waals surface area contributed by atoms with E-state index in [1.165, 1.54) is 6.07 Å². The molecule has 4 N–H and O–H groups in total. The second kappa shape index (κ2) is 9.81. The summed E-state index contributed by atoms with van der Waals surface area (Å²) in [7, 11) is 3.24. The fraction of sp³-hybridized carbons (Fsp3) is 0.200. The van der Waals surface area contributed by atoms with E-state index in [-0.39, 0.29) is 16.5 Å². The maximum absolute atomic E-state index is 13.3. The highest BCUT2D eigenvalue weighted by Gasteiger charge is 2.18. The number of hydrogen-bond donors (Lipinski definition) is 4. The van der Waals surface area contributed by atoms with E-state index in [2.05, 4.69) is 31.3 Å². The average Bonchev–Trinajstić information content (AvgIpc) is 2.87. The normalized spacial score (nSPS) is 10.8. The van der Waals surface area contributed by atoms with E-state index < -0.39 is 32.2 Å². The van der Waals surface area contributed by atoms with Gasteiger partial charge >= 0.3 is 0 Å². The molecule has 182 valence electrons. The molecule has 0 amide bonds. The first-order valence-corrected chi connectivity index (χ1v) is 10.9. The molecule has 0 fully saturated rings. The number of methoxy groups -OCH3 is 1. The van der Waals surface area contributed by atoms with Gasteiger partial charge in [-0.15, -0.1) is 0 Å². The molecule has 4 rings (SSSR count). The van der Waals surface area contributed by atoms with Crippen molar-refractivity contribution in [2.75, 3.05) is 48.8 Å². The third-order valence-corrected chi connectivity index (χ3v) is 5.80. The molecule has 0 unspecified atom stereocenters. The van der Waals surface area contributed by atoms with Gasteiger partial charge in [-0.05, 0) is 30.7 Å². The number of aromatic nitrogens is 1. The highest BCUT2D eigenvalue weighted by Crippen LogP contribution is 2.37. The van der Waals surface area contributed by atoms with E-state index in [1.54, 1.807) is 33.2 Å². The average molecular weight is 486 g/mol. The minimum atomic E-state index is -0.713. The predicted octanol–water partition coefficient (Wildman–Crippen LogP) is 1.67. The molecule has 0 saturated heterocycles. The molecule has 2 aliphatic carbocycles. The van der Waals surface area contributed by atoms with Crippen molar-refractivity contribution in [3.05, 3.63) is 98.6 Å². The lowest BCUT2D eigenvalue weighted by atomic mass is 10.0. The first-order valence-electron chi connectivity index (χ1n) is 10.9. The lowest BCUT2D eigenvalue weighted by Crippen LogP contribution is -2.28. The van der Waals surface area contributed by atoms with Crippen LogP contribution in [0.3, 0.4) is 0 Å². The van der Waals surface area contributed by atoms with Crippen LogP contribution in [0.25, 0.3) is 15.6 Å². The molecule has 2 aliphatic rings. The Morgan fingerprint density at radius 2 is 1.67 bits per heavy atom. The third kappa shape index (κ3) is 3.99. The number of nitrogens with zero attached hydrogens (tertiary/aromatic N) is 2. The zero-order chi connectivity index (χ0) is 26.0. The summed E-state index contributed by atoms with van der Waals surface area (Å²) in [5.41, 5.74) is 4.68. The van der Waals surface area contributed by atoms with Crippen molar-refractivity contribution in [2.45, 2.75) is 6.92 Å². The van der Waals surface area contributed by atoms with E-state index in [0.717, 1.165) is 12.1 Å². The summed E-state index contributed by atoms with van der Waals surface area (Å²) in [5.74, 6) is 0.808. The largest absolute Gasteiger partial charge is 0.383 e. The second-order valence-corrected chi connectivity index (χ2v) is 7.89. The number of nitrogens with one attached hydrogen (secondary N) is 4. The Labute approximate surface area is 203 Å². The molecule has 36 heavy (non-hydrogen) atoms. The number of pyridine rings is 1. The highest BCUT2D eigenvalue weighted by atomic mass is 16.5. The van der Waals surface area contributed by atoms with Crippen LogP contribution in [0, 0.1) is 23.9 Å². The quantitative estimate of drug-likeness (QED) is 0.165. The van der Waals surface area contributed by atoms with Crippen LogP contribution in [0.15, 0.2) is 49.5 Å². The maximum Gasteiger partial charge on any atom is 0.233 e. The van der Waals surface area contributed by atoms with Crippen LogP contribution in [-0.4, -0.2) is 32.3 Å². The topological polar surface area (TPSA) is 143 Å². The SMILES string of the molecule is [C-]#[N+]c1c(NCCOC)nc(NC)c(NNc2cccc3c(=O)c4c(=O)ccc(=O)c=4c(=O)c23)c1C. The van der Waals surface area contributed by atoms with Crippen molar-refractivity contribution in [3.8, 4) is 0 Å². The van der Waals surface area contributed by atoms with Gasteiger partial charge in [0.15, 0.2) is 22.1 Å². The van der Waals surface area contributed by atoms with Crippen LogP contribution in [0.2, 0.25) is 0 Å². The Balaban J connectivity index is 1.84. The number of anilines is 4. The summed E-state index contributed by atoms with van der Waals surface area (Å²) in [5, 5.41) is 5.22. The molecule has 0 atom stereocenters. The van der Waals surface area contributed by atoms with E-state index in [4.69, 9.17) is 11.3 Å². The number of rotatable bonds is 8. The third-order valence-electron chi connectivity index (χ3n) is 5.80. The second-order valence-electron chi connectivity index (χ2n) is 7.89. The summed E-state index contributed by atoms with van der Waals surface area (Å²) in [6.45, 7) is 10.2. The lowest BCUT2D eigenvalue weighted by molar-refractivity contribution is 0.210. The molecular formula is C25H22N6O5. The highest BCUT2D eigenvalue weighted by molar-refractivity contribution is 5.94. The van der Waals surface area contributed by atoms with Gasteiger partial charge in [0.1, 0.15) is 5.82 Å². The standard InChI is InChI=1S/C25H22N6O5/c1-12-20(26-2)25(28-10-11-36-4)29-24(27-3)21(12)31-30-14-7-5-6-13-17(14)23(35)19-16(33)9-8-15(32)18(19)22(13)34/h5-9,30-31H,10-11H2,1,3-4H3,(H2,27,28,29). The summed E-state index contributed by atoms with van der Waals surface area (Å²) >= 11 is 0. The van der Waals surface area contributed by atoms with Crippen LogP contribution >= 0.6 is 0 Å². The summed E-state index contributed by atoms with van der Waals surface area (Å²) < 4.78 is 5.04. The zero-order valence-electron chi connectivity index (χ0n) is 19.7. The Morgan fingerprint density at radius 1 is 0.972 bits per heavy atom. The van der Waals surface area contributed by atoms with Crippen molar-refractivity contribution < 1.29 is 4.74 Å². The van der Waals surface area contributed by atoms with Gasteiger partial charge < -0.3 is 20.8 Å². The number of hydrazine groups is 1. The Kier molecular flexibility index (Phi) is 6.62. The number of hydrogen-bond acceptors (Lipinski definition) is 10. The van der Waals surface area contributed by atoms with Gasteiger partial charge in [0.2, 0.25) is 11.1 Å². The van der Waals surface area contributed by atoms with Gasteiger partial charge in [-0.3, -0.25) is 24.6 Å². The van der Waals surface area contributed by atoms with Crippen molar-refractivity contribution >= 4 is 39.5 Å². The Hall–Kier alpha value is -4.82. The molecule has 0 bridgehead atoms. The molecule has 0 saturated carbocycles. The van der Waals surface area contributed by atoms with Crippen LogP contribution in [0.5, 0.6) is 0 Å². The zero-order valence-corrected chi connectivity index (χ0v) is 19.7. The summed E-state index contributed by atoms with van der Waals surface area (Å²) in [6, 6.07) is 6.55. The van der Waals surface area contributed by atoms with E-state index in [0.29, 0.717) is 41.7 Å². The molecule has 1 aromatic heterocycles. The van der Waals surface area contributed by atoms with Crippen molar-refractivity contribution in [1.82, 2.24) is 4.98 Å². The van der Waals surface area contributed by atoms with Gasteiger partial charge in [-0.2, -0.15) is 0 Å². The Bertz CT molecular complexity index is 1810. The van der Waals surface area contributed by atoms with Gasteiger partial charge in [0, 0.05) is 26.1 Å². The van der Waals surface area contributed by atoms with Crippen molar-refractivity contribution in [1.29, 1.82) is 0 Å². The fourth-order valence-electron chi connectivity index (χ4n) is 4.05. The van der Waals surface area contributed by atoms with Crippen LogP contribution in [-0.2, 0) is 4.74 Å². The molecule has 0 radical (unpaired) electrons. The molecular weight excluding hydrogens is 464 g/mol. The Morgan fingerprint density at radius 3 is 2.31 bits per heavy atom. The predicted molar refractivity (Wildman–Crippen MR) is 139 cm³/mol. The summed E-state index contributed by atoms with van der Waals surface area (Å²) in [4.78, 5) is 59.0. The summed E-state index contributed by atoms with van der Waals surface area (Å²) in [6.07, 6.45) is 0. The minimum Gasteiger partial charge on any atom is -0.383 e. The van der Waals surface area contributed by atoms with E-state index in [1.807, 2.05) is 0 Å². The monoisotopic (exact) mass is 486 g/mol. The van der Waals surface area contributed by atoms with Crippen LogP contribution < -0.4 is 43.2 Å².